The normalized spacial score (nSPS) is 20.3. The molecule has 18 heavy (non-hydrogen) atoms. The van der Waals surface area contributed by atoms with Gasteiger partial charge in [0.1, 0.15) is 0 Å². The standard InChI is InChI=1S/C16H23NO/c1-11-5-6-17(9-11)10-15(18)16-13(3)7-12(2)8-14(16)4/h7-8,11H,5-6,9-10H2,1-4H3. The Labute approximate surface area is 110 Å². The summed E-state index contributed by atoms with van der Waals surface area (Å²) in [5.74, 6) is 1.01. The highest BCUT2D eigenvalue weighted by Crippen LogP contribution is 2.20. The van der Waals surface area contributed by atoms with Crippen LogP contribution in [0.2, 0.25) is 0 Å². The largest absolute Gasteiger partial charge is 0.296 e. The first kappa shape index (κ1) is 13.3. The number of carbonyl (C=O) groups is 1. The first-order valence-corrected chi connectivity index (χ1v) is 6.80. The van der Waals surface area contributed by atoms with Gasteiger partial charge in [-0.15, -0.1) is 0 Å². The molecule has 0 radical (unpaired) electrons. The third-order valence-electron chi connectivity index (χ3n) is 3.83. The Balaban J connectivity index is 2.14. The number of rotatable bonds is 3. The molecule has 1 aliphatic heterocycles. The van der Waals surface area contributed by atoms with E-state index in [9.17, 15) is 4.79 Å². The first-order valence-electron chi connectivity index (χ1n) is 6.80. The Morgan fingerprint density at radius 1 is 1.28 bits per heavy atom. The summed E-state index contributed by atoms with van der Waals surface area (Å²) in [5.41, 5.74) is 4.39. The molecule has 1 aromatic carbocycles. The van der Waals surface area contributed by atoms with Crippen LogP contribution in [0.15, 0.2) is 12.1 Å². The van der Waals surface area contributed by atoms with Crippen molar-refractivity contribution in [2.24, 2.45) is 5.92 Å². The zero-order valence-corrected chi connectivity index (χ0v) is 11.9. The van der Waals surface area contributed by atoms with Gasteiger partial charge in [-0.3, -0.25) is 9.69 Å². The summed E-state index contributed by atoms with van der Waals surface area (Å²) in [7, 11) is 0. The van der Waals surface area contributed by atoms with Crippen molar-refractivity contribution in [3.8, 4) is 0 Å². The van der Waals surface area contributed by atoms with E-state index in [1.165, 1.54) is 12.0 Å². The maximum atomic E-state index is 12.4. The van der Waals surface area contributed by atoms with Crippen molar-refractivity contribution in [2.45, 2.75) is 34.1 Å². The molecule has 1 saturated heterocycles. The summed E-state index contributed by atoms with van der Waals surface area (Å²) in [4.78, 5) is 14.7. The molecule has 0 N–H and O–H groups in total. The van der Waals surface area contributed by atoms with Crippen LogP contribution in [0.4, 0.5) is 0 Å². The van der Waals surface area contributed by atoms with Gasteiger partial charge in [-0.1, -0.05) is 24.6 Å². The highest BCUT2D eigenvalue weighted by molar-refractivity contribution is 6.00. The molecule has 0 amide bonds. The van der Waals surface area contributed by atoms with Gasteiger partial charge < -0.3 is 0 Å². The number of ketones is 1. The van der Waals surface area contributed by atoms with E-state index >= 15 is 0 Å². The molecule has 1 atom stereocenters. The molecule has 1 aliphatic rings. The predicted octanol–water partition coefficient (Wildman–Crippen LogP) is 3.14. The fourth-order valence-electron chi connectivity index (χ4n) is 3.07. The van der Waals surface area contributed by atoms with Gasteiger partial charge >= 0.3 is 0 Å². The Morgan fingerprint density at radius 2 is 1.89 bits per heavy atom. The summed E-state index contributed by atoms with van der Waals surface area (Å²) < 4.78 is 0. The van der Waals surface area contributed by atoms with E-state index in [2.05, 4.69) is 30.9 Å². The van der Waals surface area contributed by atoms with Crippen LogP contribution in [-0.2, 0) is 0 Å². The Morgan fingerprint density at radius 3 is 2.39 bits per heavy atom. The number of Topliss-reactive ketones (excluding diaryl/α,β-unsaturated/α-hetero) is 1. The van der Waals surface area contributed by atoms with Crippen molar-refractivity contribution in [3.63, 3.8) is 0 Å². The molecule has 1 heterocycles. The molecular formula is C16H23NO. The molecule has 1 fully saturated rings. The fraction of sp³-hybridized carbons (Fsp3) is 0.562. The van der Waals surface area contributed by atoms with Crippen LogP contribution < -0.4 is 0 Å². The van der Waals surface area contributed by atoms with E-state index in [1.807, 2.05) is 13.8 Å². The molecule has 1 unspecified atom stereocenters. The zero-order valence-electron chi connectivity index (χ0n) is 11.9. The predicted molar refractivity (Wildman–Crippen MR) is 75.2 cm³/mol. The Hall–Kier alpha value is -1.15. The Bertz CT molecular complexity index is 441. The first-order chi connectivity index (χ1) is 8.47. The summed E-state index contributed by atoms with van der Waals surface area (Å²) in [6, 6.07) is 4.21. The average molecular weight is 245 g/mol. The van der Waals surface area contributed by atoms with Crippen LogP contribution in [0, 0.1) is 26.7 Å². The molecule has 2 rings (SSSR count). The number of likely N-dealkylation sites (tertiary alicyclic amines) is 1. The zero-order chi connectivity index (χ0) is 13.3. The smallest absolute Gasteiger partial charge is 0.177 e. The van der Waals surface area contributed by atoms with Crippen LogP contribution in [0.1, 0.15) is 40.4 Å². The van der Waals surface area contributed by atoms with E-state index < -0.39 is 0 Å². The molecule has 2 heteroatoms. The molecular weight excluding hydrogens is 222 g/mol. The van der Waals surface area contributed by atoms with Gasteiger partial charge in [0, 0.05) is 12.1 Å². The van der Waals surface area contributed by atoms with Crippen LogP contribution in [0.25, 0.3) is 0 Å². The molecule has 98 valence electrons. The average Bonchev–Trinajstić information content (AvgIpc) is 2.62. The van der Waals surface area contributed by atoms with Gasteiger partial charge in [0.15, 0.2) is 5.78 Å². The lowest BCUT2D eigenvalue weighted by molar-refractivity contribution is 0.0942. The number of nitrogens with zero attached hydrogens (tertiary/aromatic N) is 1. The lowest BCUT2D eigenvalue weighted by atomic mass is 9.96. The molecule has 0 aromatic heterocycles. The summed E-state index contributed by atoms with van der Waals surface area (Å²) >= 11 is 0. The van der Waals surface area contributed by atoms with E-state index in [0.717, 1.165) is 35.7 Å². The molecule has 2 nitrogen and oxygen atoms in total. The summed E-state index contributed by atoms with van der Waals surface area (Å²) in [6.07, 6.45) is 1.22. The van der Waals surface area contributed by atoms with Crippen molar-refractivity contribution in [1.29, 1.82) is 0 Å². The van der Waals surface area contributed by atoms with Crippen molar-refractivity contribution >= 4 is 5.78 Å². The second kappa shape index (κ2) is 5.23. The van der Waals surface area contributed by atoms with Crippen molar-refractivity contribution in [3.05, 3.63) is 34.4 Å². The van der Waals surface area contributed by atoms with Gasteiger partial charge in [-0.2, -0.15) is 0 Å². The Kier molecular flexibility index (Phi) is 3.86. The number of hydrogen-bond acceptors (Lipinski definition) is 2. The third kappa shape index (κ3) is 2.81. The van der Waals surface area contributed by atoms with E-state index in [1.54, 1.807) is 0 Å². The monoisotopic (exact) mass is 245 g/mol. The van der Waals surface area contributed by atoms with E-state index in [0.29, 0.717) is 6.54 Å². The fourth-order valence-corrected chi connectivity index (χ4v) is 3.07. The van der Waals surface area contributed by atoms with Crippen LogP contribution >= 0.6 is 0 Å². The maximum Gasteiger partial charge on any atom is 0.177 e. The summed E-state index contributed by atoms with van der Waals surface area (Å²) in [6.45, 7) is 11.1. The molecule has 0 saturated carbocycles. The third-order valence-corrected chi connectivity index (χ3v) is 3.83. The van der Waals surface area contributed by atoms with E-state index in [-0.39, 0.29) is 5.78 Å². The minimum Gasteiger partial charge on any atom is -0.296 e. The minimum absolute atomic E-state index is 0.277. The number of hydrogen-bond donors (Lipinski definition) is 0. The van der Waals surface area contributed by atoms with Crippen LogP contribution in [-0.4, -0.2) is 30.3 Å². The second-order valence-corrected chi connectivity index (χ2v) is 5.83. The van der Waals surface area contributed by atoms with Gasteiger partial charge in [-0.05, 0) is 50.8 Å². The topological polar surface area (TPSA) is 20.3 Å². The highest BCUT2D eigenvalue weighted by atomic mass is 16.1. The second-order valence-electron chi connectivity index (χ2n) is 5.83. The number of aryl methyl sites for hydroxylation is 3. The van der Waals surface area contributed by atoms with Crippen molar-refractivity contribution < 1.29 is 4.79 Å². The lowest BCUT2D eigenvalue weighted by Gasteiger charge is -2.16. The lowest BCUT2D eigenvalue weighted by Crippen LogP contribution is -2.28. The van der Waals surface area contributed by atoms with E-state index in [4.69, 9.17) is 0 Å². The van der Waals surface area contributed by atoms with Gasteiger partial charge in [-0.25, -0.2) is 0 Å². The van der Waals surface area contributed by atoms with Gasteiger partial charge in [0.25, 0.3) is 0 Å². The van der Waals surface area contributed by atoms with Gasteiger partial charge in [0.2, 0.25) is 0 Å². The minimum atomic E-state index is 0.277. The highest BCUT2D eigenvalue weighted by Gasteiger charge is 2.22. The number of benzene rings is 1. The van der Waals surface area contributed by atoms with Gasteiger partial charge in [0.05, 0.1) is 6.54 Å². The SMILES string of the molecule is Cc1cc(C)c(C(=O)CN2CCC(C)C2)c(C)c1. The number of carbonyl (C=O) groups excluding carboxylic acids is 1. The molecule has 1 aromatic rings. The molecule has 0 bridgehead atoms. The molecule has 0 spiro atoms. The van der Waals surface area contributed by atoms with Crippen LogP contribution in [0.5, 0.6) is 0 Å². The molecule has 0 aliphatic carbocycles. The van der Waals surface area contributed by atoms with Crippen molar-refractivity contribution in [1.82, 2.24) is 4.90 Å². The maximum absolute atomic E-state index is 12.4. The summed E-state index contributed by atoms with van der Waals surface area (Å²) in [5, 5.41) is 0. The van der Waals surface area contributed by atoms with Crippen molar-refractivity contribution in [2.75, 3.05) is 19.6 Å². The quantitative estimate of drug-likeness (QED) is 0.763. The van der Waals surface area contributed by atoms with Crippen LogP contribution in [0.3, 0.4) is 0 Å².